The normalized spacial score (nSPS) is 18.0. The SMILES string of the molecule is O=C(Cc1cccc(F)c1)N1CCC2(CC1)Cn1c(-c3ccsc3)cnc1CO2. The molecule has 1 saturated heterocycles. The Hall–Kier alpha value is -2.51. The first-order valence-electron chi connectivity index (χ1n) is 9.85. The first-order valence-corrected chi connectivity index (χ1v) is 10.8. The summed E-state index contributed by atoms with van der Waals surface area (Å²) >= 11 is 1.68. The van der Waals surface area contributed by atoms with Crippen molar-refractivity contribution in [3.63, 3.8) is 0 Å². The van der Waals surface area contributed by atoms with E-state index in [0.717, 1.165) is 30.9 Å². The number of carbonyl (C=O) groups excluding carboxylic acids is 1. The third-order valence-electron chi connectivity index (χ3n) is 5.98. The molecule has 0 atom stereocenters. The van der Waals surface area contributed by atoms with E-state index in [9.17, 15) is 9.18 Å². The van der Waals surface area contributed by atoms with Crippen molar-refractivity contribution in [1.82, 2.24) is 14.5 Å². The van der Waals surface area contributed by atoms with Crippen molar-refractivity contribution in [2.75, 3.05) is 13.1 Å². The number of hydrogen-bond donors (Lipinski definition) is 0. The van der Waals surface area contributed by atoms with Crippen molar-refractivity contribution >= 4 is 17.2 Å². The highest BCUT2D eigenvalue weighted by Gasteiger charge is 2.41. The molecule has 0 saturated carbocycles. The lowest BCUT2D eigenvalue weighted by Crippen LogP contribution is -2.52. The molecule has 5 rings (SSSR count). The lowest BCUT2D eigenvalue weighted by molar-refractivity contribution is -0.145. The van der Waals surface area contributed by atoms with Gasteiger partial charge in [-0.3, -0.25) is 4.79 Å². The summed E-state index contributed by atoms with van der Waals surface area (Å²) in [5.74, 6) is 0.700. The molecule has 2 aliphatic rings. The Balaban J connectivity index is 1.26. The van der Waals surface area contributed by atoms with Gasteiger partial charge in [0.25, 0.3) is 0 Å². The monoisotopic (exact) mass is 411 g/mol. The van der Waals surface area contributed by atoms with E-state index < -0.39 is 0 Å². The summed E-state index contributed by atoms with van der Waals surface area (Å²) in [7, 11) is 0. The molecule has 1 amide bonds. The topological polar surface area (TPSA) is 47.4 Å². The van der Waals surface area contributed by atoms with E-state index >= 15 is 0 Å². The van der Waals surface area contributed by atoms with Crippen LogP contribution in [0.25, 0.3) is 11.3 Å². The number of likely N-dealkylation sites (tertiary alicyclic amines) is 1. The van der Waals surface area contributed by atoms with Crippen LogP contribution in [-0.2, 0) is 29.1 Å². The minimum atomic E-state index is -0.305. The van der Waals surface area contributed by atoms with E-state index in [4.69, 9.17) is 4.74 Å². The number of thiophene rings is 1. The maximum Gasteiger partial charge on any atom is 0.226 e. The van der Waals surface area contributed by atoms with Gasteiger partial charge in [-0.05, 0) is 42.0 Å². The van der Waals surface area contributed by atoms with Crippen LogP contribution in [0.4, 0.5) is 4.39 Å². The Morgan fingerprint density at radius 1 is 1.28 bits per heavy atom. The fourth-order valence-electron chi connectivity index (χ4n) is 4.30. The van der Waals surface area contributed by atoms with Gasteiger partial charge in [0.05, 0.1) is 30.5 Å². The van der Waals surface area contributed by atoms with Crippen LogP contribution in [0.5, 0.6) is 0 Å². The highest BCUT2D eigenvalue weighted by molar-refractivity contribution is 7.08. The Morgan fingerprint density at radius 3 is 2.90 bits per heavy atom. The number of benzene rings is 1. The van der Waals surface area contributed by atoms with Gasteiger partial charge in [0, 0.05) is 24.0 Å². The maximum absolute atomic E-state index is 13.4. The van der Waals surface area contributed by atoms with E-state index in [2.05, 4.69) is 26.4 Å². The zero-order valence-electron chi connectivity index (χ0n) is 16.0. The van der Waals surface area contributed by atoms with E-state index in [1.807, 2.05) is 11.1 Å². The van der Waals surface area contributed by atoms with Crippen LogP contribution in [0.15, 0.2) is 47.3 Å². The molecule has 0 unspecified atom stereocenters. The first kappa shape index (κ1) is 18.5. The van der Waals surface area contributed by atoms with Crippen LogP contribution in [0.3, 0.4) is 0 Å². The van der Waals surface area contributed by atoms with Gasteiger partial charge < -0.3 is 14.2 Å². The third-order valence-corrected chi connectivity index (χ3v) is 6.66. The van der Waals surface area contributed by atoms with Crippen molar-refractivity contribution in [3.05, 3.63) is 64.5 Å². The fraction of sp³-hybridized carbons (Fsp3) is 0.364. The molecule has 150 valence electrons. The molecule has 1 spiro atoms. The van der Waals surface area contributed by atoms with Crippen LogP contribution in [-0.4, -0.2) is 39.0 Å². The molecule has 4 heterocycles. The van der Waals surface area contributed by atoms with Crippen molar-refractivity contribution in [1.29, 1.82) is 0 Å². The van der Waals surface area contributed by atoms with E-state index in [1.54, 1.807) is 23.5 Å². The molecule has 0 aliphatic carbocycles. The molecule has 0 radical (unpaired) electrons. The molecule has 1 aromatic carbocycles. The average Bonchev–Trinajstić information content (AvgIpc) is 3.37. The maximum atomic E-state index is 13.4. The summed E-state index contributed by atoms with van der Waals surface area (Å²) < 4.78 is 21.9. The van der Waals surface area contributed by atoms with Crippen molar-refractivity contribution in [3.8, 4) is 11.3 Å². The Bertz CT molecular complexity index is 1020. The van der Waals surface area contributed by atoms with Gasteiger partial charge in [0.2, 0.25) is 5.91 Å². The molecule has 5 nitrogen and oxygen atoms in total. The Labute approximate surface area is 172 Å². The minimum absolute atomic E-state index is 0.0449. The predicted octanol–water partition coefficient (Wildman–Crippen LogP) is 3.88. The molecule has 0 N–H and O–H groups in total. The smallest absolute Gasteiger partial charge is 0.226 e. The molecule has 29 heavy (non-hydrogen) atoms. The summed E-state index contributed by atoms with van der Waals surface area (Å²) in [6.45, 7) is 2.58. The molecule has 2 aliphatic heterocycles. The number of hydrogen-bond acceptors (Lipinski definition) is 4. The van der Waals surface area contributed by atoms with Crippen molar-refractivity contribution < 1.29 is 13.9 Å². The van der Waals surface area contributed by atoms with Crippen LogP contribution >= 0.6 is 11.3 Å². The zero-order chi connectivity index (χ0) is 19.8. The molecular formula is C22H22FN3O2S. The lowest BCUT2D eigenvalue weighted by atomic mass is 9.89. The van der Waals surface area contributed by atoms with Crippen LogP contribution < -0.4 is 0 Å². The molecular weight excluding hydrogens is 389 g/mol. The number of imidazole rings is 1. The number of carbonyl (C=O) groups is 1. The van der Waals surface area contributed by atoms with Gasteiger partial charge in [-0.25, -0.2) is 9.37 Å². The average molecular weight is 412 g/mol. The fourth-order valence-corrected chi connectivity index (χ4v) is 4.95. The quantitative estimate of drug-likeness (QED) is 0.657. The minimum Gasteiger partial charge on any atom is -0.365 e. The van der Waals surface area contributed by atoms with Gasteiger partial charge in [-0.15, -0.1) is 0 Å². The summed E-state index contributed by atoms with van der Waals surface area (Å²) in [4.78, 5) is 19.1. The number of aromatic nitrogens is 2. The van der Waals surface area contributed by atoms with Gasteiger partial charge in [0.15, 0.2) is 0 Å². The van der Waals surface area contributed by atoms with Gasteiger partial charge >= 0.3 is 0 Å². The summed E-state index contributed by atoms with van der Waals surface area (Å²) in [6.07, 6.45) is 3.75. The number of rotatable bonds is 3. The number of fused-ring (bicyclic) bond motifs is 1. The second-order valence-corrected chi connectivity index (χ2v) is 8.60. The summed E-state index contributed by atoms with van der Waals surface area (Å²) in [5.41, 5.74) is 2.78. The van der Waals surface area contributed by atoms with Crippen molar-refractivity contribution in [2.24, 2.45) is 0 Å². The van der Waals surface area contributed by atoms with Gasteiger partial charge in [0.1, 0.15) is 18.2 Å². The molecule has 3 aromatic rings. The highest BCUT2D eigenvalue weighted by Crippen LogP contribution is 2.36. The number of piperidine rings is 1. The predicted molar refractivity (Wildman–Crippen MR) is 109 cm³/mol. The Kier molecular flexibility index (Phi) is 4.72. The molecule has 7 heteroatoms. The number of ether oxygens (including phenoxy) is 1. The second kappa shape index (κ2) is 7.39. The second-order valence-electron chi connectivity index (χ2n) is 7.82. The van der Waals surface area contributed by atoms with Gasteiger partial charge in [-0.1, -0.05) is 12.1 Å². The number of amides is 1. The van der Waals surface area contributed by atoms with Crippen molar-refractivity contribution in [2.45, 2.75) is 38.0 Å². The lowest BCUT2D eigenvalue weighted by Gasteiger charge is -2.44. The summed E-state index contributed by atoms with van der Waals surface area (Å²) in [6, 6.07) is 8.38. The highest BCUT2D eigenvalue weighted by atomic mass is 32.1. The molecule has 2 aromatic heterocycles. The third kappa shape index (κ3) is 3.60. The van der Waals surface area contributed by atoms with Crippen LogP contribution in [0.1, 0.15) is 24.2 Å². The summed E-state index contributed by atoms with van der Waals surface area (Å²) in [5, 5.41) is 4.22. The molecule has 0 bridgehead atoms. The molecule has 1 fully saturated rings. The largest absolute Gasteiger partial charge is 0.365 e. The number of halogens is 1. The van der Waals surface area contributed by atoms with Crippen LogP contribution in [0.2, 0.25) is 0 Å². The Morgan fingerprint density at radius 2 is 2.14 bits per heavy atom. The number of nitrogens with zero attached hydrogens (tertiary/aromatic N) is 3. The van der Waals surface area contributed by atoms with Gasteiger partial charge in [-0.2, -0.15) is 11.3 Å². The van der Waals surface area contributed by atoms with E-state index in [1.165, 1.54) is 17.7 Å². The first-order chi connectivity index (χ1) is 14.1. The standard InChI is InChI=1S/C22H22FN3O2S/c23-18-3-1-2-16(10-18)11-21(27)25-7-5-22(6-8-25)15-26-19(17-4-9-29-14-17)12-24-20(26)13-28-22/h1-4,9-10,12,14H,5-8,11,13,15H2. The van der Waals surface area contributed by atoms with E-state index in [-0.39, 0.29) is 23.7 Å². The zero-order valence-corrected chi connectivity index (χ0v) is 16.8. The van der Waals surface area contributed by atoms with E-state index in [0.29, 0.717) is 25.3 Å². The van der Waals surface area contributed by atoms with Crippen LogP contribution in [0, 0.1) is 5.82 Å².